The number of piperidine rings is 1. The van der Waals surface area contributed by atoms with Gasteiger partial charge < -0.3 is 15.1 Å². The van der Waals surface area contributed by atoms with Gasteiger partial charge in [-0.1, -0.05) is 12.1 Å². The molecule has 1 atom stereocenters. The van der Waals surface area contributed by atoms with Crippen LogP contribution >= 0.6 is 0 Å². The minimum Gasteiger partial charge on any atom is -0.365 e. The third kappa shape index (κ3) is 3.37. The zero-order valence-corrected chi connectivity index (χ0v) is 15.1. The van der Waals surface area contributed by atoms with Gasteiger partial charge in [-0.3, -0.25) is 0 Å². The van der Waals surface area contributed by atoms with Crippen molar-refractivity contribution in [2.75, 3.05) is 42.3 Å². The Morgan fingerprint density at radius 1 is 1.12 bits per heavy atom. The van der Waals surface area contributed by atoms with E-state index in [1.807, 2.05) is 43.3 Å². The van der Waals surface area contributed by atoms with Crippen LogP contribution in [-0.4, -0.2) is 53.2 Å². The lowest BCUT2D eigenvalue weighted by Gasteiger charge is -2.34. The van der Waals surface area contributed by atoms with Gasteiger partial charge in [-0.15, -0.1) is 0 Å². The minimum absolute atomic E-state index is 0.322. The third-order valence-electron chi connectivity index (χ3n) is 4.64. The van der Waals surface area contributed by atoms with Gasteiger partial charge in [-0.2, -0.15) is 4.98 Å². The molecule has 0 radical (unpaired) electrons. The summed E-state index contributed by atoms with van der Waals surface area (Å²) in [5.74, 6) is 2.59. The molecule has 0 saturated carbocycles. The molecule has 1 aromatic carbocycles. The first-order valence-electron chi connectivity index (χ1n) is 8.92. The van der Waals surface area contributed by atoms with Crippen molar-refractivity contribution in [1.82, 2.24) is 19.9 Å². The number of benzene rings is 1. The molecule has 1 aliphatic heterocycles. The molecule has 3 aromatic rings. The van der Waals surface area contributed by atoms with Crippen molar-refractivity contribution >= 4 is 28.5 Å². The lowest BCUT2D eigenvalue weighted by atomic mass is 10.0. The number of anilines is 3. The lowest BCUT2D eigenvalue weighted by Crippen LogP contribution is -2.42. The predicted octanol–water partition coefficient (Wildman–Crippen LogP) is 2.57. The van der Waals surface area contributed by atoms with Gasteiger partial charge in [0.15, 0.2) is 0 Å². The van der Waals surface area contributed by atoms with Crippen LogP contribution in [0.15, 0.2) is 42.9 Å². The molecule has 0 amide bonds. The highest BCUT2D eigenvalue weighted by molar-refractivity contribution is 5.89. The summed E-state index contributed by atoms with van der Waals surface area (Å²) in [6.45, 7) is 1.90. The van der Waals surface area contributed by atoms with E-state index < -0.39 is 0 Å². The van der Waals surface area contributed by atoms with Gasteiger partial charge >= 0.3 is 0 Å². The van der Waals surface area contributed by atoms with E-state index in [1.165, 1.54) is 0 Å². The molecule has 0 bridgehead atoms. The quantitative estimate of drug-likeness (QED) is 0.776. The summed E-state index contributed by atoms with van der Waals surface area (Å²) in [7, 11) is 3.89. The molecular weight excluding hydrogens is 326 g/mol. The van der Waals surface area contributed by atoms with Crippen LogP contribution in [0.1, 0.15) is 12.8 Å². The van der Waals surface area contributed by atoms with Crippen LogP contribution in [0.2, 0.25) is 0 Å². The first kappa shape index (κ1) is 16.5. The Kier molecular flexibility index (Phi) is 4.51. The Morgan fingerprint density at radius 2 is 2.00 bits per heavy atom. The van der Waals surface area contributed by atoms with Crippen LogP contribution in [0, 0.1) is 0 Å². The van der Waals surface area contributed by atoms with Crippen LogP contribution in [0.4, 0.5) is 17.6 Å². The fourth-order valence-electron chi connectivity index (χ4n) is 3.38. The largest absolute Gasteiger partial charge is 0.365 e. The average molecular weight is 349 g/mol. The maximum Gasteiger partial charge on any atom is 0.226 e. The molecule has 1 saturated heterocycles. The summed E-state index contributed by atoms with van der Waals surface area (Å²) in [5.41, 5.74) is 0.985. The Labute approximate surface area is 153 Å². The van der Waals surface area contributed by atoms with Gasteiger partial charge in [0.05, 0.1) is 5.52 Å². The van der Waals surface area contributed by atoms with E-state index in [1.54, 1.807) is 12.5 Å². The van der Waals surface area contributed by atoms with Crippen molar-refractivity contribution in [3.05, 3.63) is 42.9 Å². The topological polar surface area (TPSA) is 70.1 Å². The standard InChI is InChI=1S/C19H23N7/c1-25(2)19-20-10-9-17(24-19)23-14-6-5-11-26(12-14)18-15-7-3-4-8-16(15)21-13-22-18/h3-4,7-10,13-14H,5-6,11-12H2,1-2H3,(H,20,23,24). The molecule has 7 heteroatoms. The van der Waals surface area contributed by atoms with Crippen molar-refractivity contribution in [2.24, 2.45) is 0 Å². The fraction of sp³-hybridized carbons (Fsp3) is 0.368. The van der Waals surface area contributed by atoms with Crippen molar-refractivity contribution in [1.29, 1.82) is 0 Å². The van der Waals surface area contributed by atoms with E-state index in [9.17, 15) is 0 Å². The van der Waals surface area contributed by atoms with Crippen LogP contribution in [0.3, 0.4) is 0 Å². The number of rotatable bonds is 4. The number of nitrogens with zero attached hydrogens (tertiary/aromatic N) is 6. The summed E-state index contributed by atoms with van der Waals surface area (Å²) >= 11 is 0. The highest BCUT2D eigenvalue weighted by Gasteiger charge is 2.22. The van der Waals surface area contributed by atoms with Crippen molar-refractivity contribution in [2.45, 2.75) is 18.9 Å². The maximum atomic E-state index is 4.57. The Morgan fingerprint density at radius 3 is 2.88 bits per heavy atom. The van der Waals surface area contributed by atoms with Crippen molar-refractivity contribution in [3.63, 3.8) is 0 Å². The number of fused-ring (bicyclic) bond motifs is 1. The molecule has 3 heterocycles. The van der Waals surface area contributed by atoms with Gasteiger partial charge in [0, 0.05) is 44.8 Å². The minimum atomic E-state index is 0.322. The summed E-state index contributed by atoms with van der Waals surface area (Å²) in [6, 6.07) is 10.4. The predicted molar refractivity (Wildman–Crippen MR) is 105 cm³/mol. The normalized spacial score (nSPS) is 17.3. The van der Waals surface area contributed by atoms with E-state index in [2.05, 4.69) is 36.2 Å². The molecule has 2 aromatic heterocycles. The molecule has 7 nitrogen and oxygen atoms in total. The van der Waals surface area contributed by atoms with E-state index in [-0.39, 0.29) is 0 Å². The van der Waals surface area contributed by atoms with Crippen molar-refractivity contribution < 1.29 is 0 Å². The van der Waals surface area contributed by atoms with Crippen LogP contribution in [-0.2, 0) is 0 Å². The van der Waals surface area contributed by atoms with Crippen LogP contribution in [0.25, 0.3) is 10.9 Å². The molecule has 4 rings (SSSR count). The zero-order valence-electron chi connectivity index (χ0n) is 15.1. The molecule has 1 fully saturated rings. The van der Waals surface area contributed by atoms with E-state index in [0.29, 0.717) is 12.0 Å². The molecular formula is C19H23N7. The molecule has 1 N–H and O–H groups in total. The third-order valence-corrected chi connectivity index (χ3v) is 4.64. The first-order chi connectivity index (χ1) is 12.7. The lowest BCUT2D eigenvalue weighted by molar-refractivity contribution is 0.526. The monoisotopic (exact) mass is 349 g/mol. The molecule has 134 valence electrons. The van der Waals surface area contributed by atoms with E-state index in [0.717, 1.165) is 48.5 Å². The summed E-state index contributed by atoms with van der Waals surface area (Å²) in [5, 5.41) is 4.67. The second kappa shape index (κ2) is 7.11. The molecule has 0 aliphatic carbocycles. The zero-order chi connectivity index (χ0) is 17.9. The summed E-state index contributed by atoms with van der Waals surface area (Å²) in [6.07, 6.45) is 5.67. The van der Waals surface area contributed by atoms with Gasteiger partial charge in [0.1, 0.15) is 18.0 Å². The van der Waals surface area contributed by atoms with Crippen LogP contribution < -0.4 is 15.1 Å². The smallest absolute Gasteiger partial charge is 0.226 e. The molecule has 1 unspecified atom stereocenters. The Balaban J connectivity index is 1.53. The Hall–Kier alpha value is -2.96. The number of nitrogens with one attached hydrogen (secondary N) is 1. The number of para-hydroxylation sites is 1. The fourth-order valence-corrected chi connectivity index (χ4v) is 3.38. The second-order valence-corrected chi connectivity index (χ2v) is 6.78. The number of hydrogen-bond donors (Lipinski definition) is 1. The van der Waals surface area contributed by atoms with Gasteiger partial charge in [0.25, 0.3) is 0 Å². The first-order valence-corrected chi connectivity index (χ1v) is 8.92. The summed E-state index contributed by atoms with van der Waals surface area (Å²) < 4.78 is 0. The summed E-state index contributed by atoms with van der Waals surface area (Å²) in [4.78, 5) is 22.0. The molecule has 26 heavy (non-hydrogen) atoms. The van der Waals surface area contributed by atoms with Crippen molar-refractivity contribution in [3.8, 4) is 0 Å². The average Bonchev–Trinajstić information content (AvgIpc) is 2.68. The highest BCUT2D eigenvalue weighted by Crippen LogP contribution is 2.26. The second-order valence-electron chi connectivity index (χ2n) is 6.78. The SMILES string of the molecule is CN(C)c1nccc(NC2CCCN(c3ncnc4ccccc34)C2)n1. The van der Waals surface area contributed by atoms with Gasteiger partial charge in [-0.05, 0) is 31.0 Å². The molecule has 1 aliphatic rings. The number of aromatic nitrogens is 4. The van der Waals surface area contributed by atoms with Gasteiger partial charge in [-0.25, -0.2) is 15.0 Å². The highest BCUT2D eigenvalue weighted by atomic mass is 15.3. The van der Waals surface area contributed by atoms with Gasteiger partial charge in [0.2, 0.25) is 5.95 Å². The Bertz CT molecular complexity index is 890. The number of hydrogen-bond acceptors (Lipinski definition) is 7. The maximum absolute atomic E-state index is 4.57. The van der Waals surface area contributed by atoms with E-state index >= 15 is 0 Å². The van der Waals surface area contributed by atoms with E-state index in [4.69, 9.17) is 0 Å². The molecule has 0 spiro atoms. The van der Waals surface area contributed by atoms with Crippen LogP contribution in [0.5, 0.6) is 0 Å².